The molecule has 224 valence electrons. The van der Waals surface area contributed by atoms with Crippen molar-refractivity contribution in [3.63, 3.8) is 0 Å². The molecule has 2 heterocycles. The second-order valence-corrected chi connectivity index (χ2v) is 11.3. The van der Waals surface area contributed by atoms with Crippen molar-refractivity contribution in [2.24, 2.45) is 0 Å². The molecule has 1 N–H and O–H groups in total. The number of rotatable bonds is 5. The van der Waals surface area contributed by atoms with Gasteiger partial charge in [-0.1, -0.05) is 6.07 Å². The number of ether oxygens (including phenoxy) is 1. The lowest BCUT2D eigenvalue weighted by Gasteiger charge is -2.41. The van der Waals surface area contributed by atoms with Gasteiger partial charge in [0, 0.05) is 55.7 Å². The monoisotopic (exact) mass is 585 g/mol. The van der Waals surface area contributed by atoms with E-state index < -0.39 is 45.6 Å². The first-order valence-corrected chi connectivity index (χ1v) is 13.5. The average molecular weight is 586 g/mol. The summed E-state index contributed by atoms with van der Waals surface area (Å²) < 4.78 is 38.4. The van der Waals surface area contributed by atoms with Crippen molar-refractivity contribution in [1.29, 1.82) is 0 Å². The summed E-state index contributed by atoms with van der Waals surface area (Å²) in [6, 6.07) is 4.58. The number of nitrogens with one attached hydrogen (secondary N) is 1. The molecule has 1 atom stereocenters. The van der Waals surface area contributed by atoms with E-state index in [1.807, 2.05) is 0 Å². The molecule has 3 aromatic rings. The van der Waals surface area contributed by atoms with Gasteiger partial charge in [0.2, 0.25) is 5.43 Å². The summed E-state index contributed by atoms with van der Waals surface area (Å²) in [5.41, 5.74) is -2.18. The number of hydrogen-bond donors (Lipinski definition) is 1. The maximum absolute atomic E-state index is 16.1. The minimum atomic E-state index is -0.982. The quantitative estimate of drug-likeness (QED) is 0.322. The van der Waals surface area contributed by atoms with E-state index >= 15 is 8.78 Å². The van der Waals surface area contributed by atoms with Crippen LogP contribution in [-0.2, 0) is 11.3 Å². The van der Waals surface area contributed by atoms with Crippen LogP contribution in [0.4, 0.5) is 30.6 Å². The van der Waals surface area contributed by atoms with Crippen molar-refractivity contribution in [3.05, 3.63) is 73.6 Å². The Morgan fingerprint density at radius 3 is 2.48 bits per heavy atom. The lowest BCUT2D eigenvalue weighted by molar-refractivity contribution is -0.385. The number of anilines is 2. The molecule has 11 nitrogen and oxygen atoms in total. The lowest BCUT2D eigenvalue weighted by Crippen LogP contribution is -2.55. The zero-order valence-corrected chi connectivity index (χ0v) is 24.3. The molecule has 13 heteroatoms. The van der Waals surface area contributed by atoms with Gasteiger partial charge >= 0.3 is 6.09 Å². The van der Waals surface area contributed by atoms with Gasteiger partial charge < -0.3 is 24.4 Å². The maximum atomic E-state index is 16.1. The van der Waals surface area contributed by atoms with Crippen molar-refractivity contribution in [3.8, 4) is 0 Å². The topological polar surface area (TPSA) is 127 Å². The molecule has 0 bridgehead atoms. The van der Waals surface area contributed by atoms with Gasteiger partial charge in [-0.15, -0.1) is 0 Å². The Kier molecular flexibility index (Phi) is 8.24. The van der Waals surface area contributed by atoms with Crippen molar-refractivity contribution >= 4 is 40.0 Å². The van der Waals surface area contributed by atoms with Crippen molar-refractivity contribution in [1.82, 2.24) is 9.47 Å². The molecule has 0 saturated carbocycles. The first-order valence-electron chi connectivity index (χ1n) is 13.5. The van der Waals surface area contributed by atoms with Crippen molar-refractivity contribution in [2.75, 3.05) is 29.9 Å². The molecule has 2 aromatic carbocycles. The van der Waals surface area contributed by atoms with E-state index in [9.17, 15) is 24.5 Å². The fourth-order valence-electron chi connectivity index (χ4n) is 5.01. The van der Waals surface area contributed by atoms with Gasteiger partial charge in [0.05, 0.1) is 15.8 Å². The number of halogens is 2. The number of pyridine rings is 1. The molecule has 1 saturated heterocycles. The van der Waals surface area contributed by atoms with Gasteiger partial charge in [-0.2, -0.15) is 0 Å². The van der Waals surface area contributed by atoms with Crippen LogP contribution in [0.3, 0.4) is 0 Å². The van der Waals surface area contributed by atoms with Crippen LogP contribution in [0.2, 0.25) is 0 Å². The Labute approximate surface area is 240 Å². The number of nitrogens with zero attached hydrogens (tertiary/aromatic N) is 4. The summed E-state index contributed by atoms with van der Waals surface area (Å²) >= 11 is 0. The summed E-state index contributed by atoms with van der Waals surface area (Å²) in [7, 11) is 0. The Morgan fingerprint density at radius 2 is 1.88 bits per heavy atom. The van der Waals surface area contributed by atoms with Crippen LogP contribution in [0, 0.1) is 28.7 Å². The number of aromatic nitrogens is 1. The zero-order chi connectivity index (χ0) is 31.1. The molecule has 1 unspecified atom stereocenters. The third-order valence-electron chi connectivity index (χ3n) is 7.05. The second kappa shape index (κ2) is 11.4. The molecule has 0 aliphatic carbocycles. The highest BCUT2D eigenvalue weighted by molar-refractivity contribution is 6.06. The number of nitro benzene ring substituents is 1. The van der Waals surface area contributed by atoms with Gasteiger partial charge in [0.25, 0.3) is 11.6 Å². The van der Waals surface area contributed by atoms with Gasteiger partial charge in [0.1, 0.15) is 22.7 Å². The molecular weight excluding hydrogens is 552 g/mol. The van der Waals surface area contributed by atoms with Crippen LogP contribution < -0.4 is 15.6 Å². The van der Waals surface area contributed by atoms with Crippen LogP contribution in [0.5, 0.6) is 0 Å². The molecule has 2 amide bonds. The normalized spacial score (nSPS) is 15.6. The highest BCUT2D eigenvalue weighted by Crippen LogP contribution is 2.32. The molecule has 1 fully saturated rings. The maximum Gasteiger partial charge on any atom is 0.410 e. The fourth-order valence-corrected chi connectivity index (χ4v) is 5.01. The number of amides is 2. The predicted molar refractivity (Wildman–Crippen MR) is 154 cm³/mol. The molecule has 1 aromatic heterocycles. The lowest BCUT2D eigenvalue weighted by atomic mass is 10.1. The number of carbonyl (C=O) groups is 2. The minimum absolute atomic E-state index is 0.0900. The summed E-state index contributed by atoms with van der Waals surface area (Å²) in [4.78, 5) is 52.7. The van der Waals surface area contributed by atoms with E-state index in [2.05, 4.69) is 5.32 Å². The number of hydrogen-bond acceptors (Lipinski definition) is 7. The van der Waals surface area contributed by atoms with Gasteiger partial charge in [-0.25, -0.2) is 13.6 Å². The largest absolute Gasteiger partial charge is 0.444 e. The predicted octanol–water partition coefficient (Wildman–Crippen LogP) is 5.21. The number of fused-ring (bicyclic) bond motifs is 1. The van der Waals surface area contributed by atoms with E-state index in [0.717, 1.165) is 6.07 Å². The Hall–Kier alpha value is -4.55. The number of aryl methyl sites for hydroxylation is 2. The molecule has 4 rings (SSSR count). The summed E-state index contributed by atoms with van der Waals surface area (Å²) in [5.74, 6) is -2.81. The van der Waals surface area contributed by atoms with Gasteiger partial charge in [-0.05, 0) is 53.7 Å². The smallest absolute Gasteiger partial charge is 0.410 e. The first kappa shape index (κ1) is 30.4. The van der Waals surface area contributed by atoms with Crippen LogP contribution in [0.1, 0.15) is 50.5 Å². The second-order valence-electron chi connectivity index (χ2n) is 11.3. The minimum Gasteiger partial charge on any atom is -0.444 e. The molecule has 42 heavy (non-hydrogen) atoms. The Bertz CT molecular complexity index is 1650. The van der Waals surface area contributed by atoms with E-state index in [0.29, 0.717) is 5.56 Å². The van der Waals surface area contributed by atoms with Crippen LogP contribution >= 0.6 is 0 Å². The molecule has 0 radical (unpaired) electrons. The molecule has 1 aliphatic heterocycles. The number of nitro groups is 1. The van der Waals surface area contributed by atoms with Gasteiger partial charge in [-0.3, -0.25) is 19.7 Å². The van der Waals surface area contributed by atoms with Crippen molar-refractivity contribution < 1.29 is 28.0 Å². The molecule has 0 spiro atoms. The van der Waals surface area contributed by atoms with Crippen molar-refractivity contribution in [2.45, 2.75) is 59.7 Å². The van der Waals surface area contributed by atoms with Crippen LogP contribution in [0.15, 0.2) is 35.3 Å². The van der Waals surface area contributed by atoms with E-state index in [1.165, 1.54) is 38.8 Å². The average Bonchev–Trinajstić information content (AvgIpc) is 2.89. The summed E-state index contributed by atoms with van der Waals surface area (Å²) in [6.45, 7) is 10.8. The third-order valence-corrected chi connectivity index (χ3v) is 7.05. The SMILES string of the molecule is CCn1cc(C(=O)Nc2ccc(C)c([N+](=O)[O-])c2)c(=O)c2cc(F)c(N3CCN(C(=O)OC(C)(C)C)C(C)C3)c(F)c21. The first-order chi connectivity index (χ1) is 19.6. The molecular formula is C29H33F2N5O6. The fraction of sp³-hybridized carbons (Fsp3) is 0.414. The molecule has 1 aliphatic rings. The van der Waals surface area contributed by atoms with E-state index in [-0.39, 0.29) is 59.7 Å². The van der Waals surface area contributed by atoms with Crippen LogP contribution in [0.25, 0.3) is 10.9 Å². The van der Waals surface area contributed by atoms with Crippen LogP contribution in [-0.4, -0.2) is 57.7 Å². The number of benzene rings is 2. The highest BCUT2D eigenvalue weighted by Gasteiger charge is 2.34. The number of piperazine rings is 1. The zero-order valence-electron chi connectivity index (χ0n) is 24.3. The van der Waals surface area contributed by atoms with E-state index in [1.54, 1.807) is 41.5 Å². The standard InChI is InChI=1S/C29H33F2N5O6/c1-7-33-15-20(27(38)32-18-9-8-16(2)22(12-18)36(40)41)26(37)19-13-21(30)25(23(31)24(19)33)34-10-11-35(17(3)14-34)28(39)42-29(4,5)6/h8-9,12-13,15,17H,7,10-11,14H2,1-6H3,(H,32,38). The Morgan fingerprint density at radius 1 is 1.19 bits per heavy atom. The highest BCUT2D eigenvalue weighted by atomic mass is 19.1. The van der Waals surface area contributed by atoms with Gasteiger partial charge in [0.15, 0.2) is 5.82 Å². The Balaban J connectivity index is 1.69. The summed E-state index contributed by atoms with van der Waals surface area (Å²) in [6.07, 6.45) is 0.677. The number of carbonyl (C=O) groups excluding carboxylic acids is 2. The summed E-state index contributed by atoms with van der Waals surface area (Å²) in [5, 5.41) is 13.4. The third kappa shape index (κ3) is 5.90. The van der Waals surface area contributed by atoms with E-state index in [4.69, 9.17) is 4.74 Å².